The largest absolute Gasteiger partial charge is 0.447 e. The second-order valence-corrected chi connectivity index (χ2v) is 5.60. The molecule has 1 aromatic rings. The fourth-order valence-electron chi connectivity index (χ4n) is 0.929. The summed E-state index contributed by atoms with van der Waals surface area (Å²) in [6, 6.07) is 0. The molecule has 0 saturated carbocycles. The lowest BCUT2D eigenvalue weighted by Crippen LogP contribution is -2.41. The number of nitrogens with two attached hydrogens (primary N) is 1. The van der Waals surface area contributed by atoms with Crippen molar-refractivity contribution >= 4 is 27.1 Å². The highest BCUT2D eigenvalue weighted by Gasteiger charge is 2.32. The molecule has 8 heteroatoms. The van der Waals surface area contributed by atoms with Crippen molar-refractivity contribution in [3.8, 4) is 5.88 Å². The van der Waals surface area contributed by atoms with Gasteiger partial charge in [-0.25, -0.2) is 13.4 Å². The Hall–Kier alpha value is -1.41. The van der Waals surface area contributed by atoms with Crippen molar-refractivity contribution < 1.29 is 17.9 Å². The van der Waals surface area contributed by atoms with Gasteiger partial charge < -0.3 is 10.5 Å². The molecule has 0 aromatic carbocycles. The number of rotatable bonds is 6. The third-order valence-corrected chi connectivity index (χ3v) is 3.79. The molecule has 2 N–H and O–H groups in total. The zero-order valence-corrected chi connectivity index (χ0v) is 9.83. The number of amides is 1. The van der Waals surface area contributed by atoms with Gasteiger partial charge in [0.05, 0.1) is 16.6 Å². The maximum absolute atomic E-state index is 11.6. The summed E-state index contributed by atoms with van der Waals surface area (Å²) in [4.78, 5) is 14.7. The van der Waals surface area contributed by atoms with Gasteiger partial charge in [-0.05, 0) is 0 Å². The van der Waals surface area contributed by atoms with Crippen LogP contribution >= 0.6 is 11.3 Å². The smallest absolute Gasteiger partial charge is 0.277 e. The van der Waals surface area contributed by atoms with E-state index in [4.69, 9.17) is 10.5 Å². The van der Waals surface area contributed by atoms with E-state index in [9.17, 15) is 13.2 Å². The molecule has 0 saturated heterocycles. The van der Waals surface area contributed by atoms with Crippen molar-refractivity contribution in [3.63, 3.8) is 0 Å². The second kappa shape index (κ2) is 5.08. The van der Waals surface area contributed by atoms with E-state index in [0.717, 1.165) is 6.08 Å². The van der Waals surface area contributed by atoms with Crippen LogP contribution < -0.4 is 10.5 Å². The van der Waals surface area contributed by atoms with E-state index in [1.54, 1.807) is 0 Å². The van der Waals surface area contributed by atoms with Gasteiger partial charge in [0.15, 0.2) is 0 Å². The third-order valence-electron chi connectivity index (χ3n) is 1.55. The standard InChI is InChI=1S/C8H10N2O4S2/c1-2-3-16(12,13)8(7(9)11)14-6-4-15-5-10-6/h2,4-5,8H,1,3H2,(H2,9,11). The summed E-state index contributed by atoms with van der Waals surface area (Å²) in [5.41, 5.74) is 4.69. The van der Waals surface area contributed by atoms with Gasteiger partial charge >= 0.3 is 0 Å². The summed E-state index contributed by atoms with van der Waals surface area (Å²) in [5.74, 6) is -1.40. The van der Waals surface area contributed by atoms with E-state index in [1.165, 1.54) is 22.2 Å². The topological polar surface area (TPSA) is 99.3 Å². The summed E-state index contributed by atoms with van der Waals surface area (Å²) >= 11 is 1.21. The highest BCUT2D eigenvalue weighted by Crippen LogP contribution is 2.14. The molecule has 1 unspecified atom stereocenters. The van der Waals surface area contributed by atoms with Crippen molar-refractivity contribution in [1.29, 1.82) is 0 Å². The lowest BCUT2D eigenvalue weighted by atomic mass is 10.7. The predicted molar refractivity (Wildman–Crippen MR) is 59.7 cm³/mol. The van der Waals surface area contributed by atoms with Crippen LogP contribution in [0.5, 0.6) is 5.88 Å². The minimum absolute atomic E-state index is 0.0569. The molecule has 0 aliphatic heterocycles. The van der Waals surface area contributed by atoms with Crippen LogP contribution in [0.15, 0.2) is 23.5 Å². The zero-order chi connectivity index (χ0) is 12.2. The number of aromatic nitrogens is 1. The highest BCUT2D eigenvalue weighted by molar-refractivity contribution is 7.92. The molecule has 0 radical (unpaired) electrons. The first kappa shape index (κ1) is 12.7. The molecule has 0 aliphatic carbocycles. The van der Waals surface area contributed by atoms with Gasteiger partial charge in [0.1, 0.15) is 0 Å². The van der Waals surface area contributed by atoms with E-state index in [-0.39, 0.29) is 11.6 Å². The fraction of sp³-hybridized carbons (Fsp3) is 0.250. The normalized spacial score (nSPS) is 13.0. The van der Waals surface area contributed by atoms with Crippen molar-refractivity contribution in [3.05, 3.63) is 23.5 Å². The SMILES string of the molecule is C=CCS(=O)(=O)C(Oc1cscn1)C(N)=O. The monoisotopic (exact) mass is 262 g/mol. The van der Waals surface area contributed by atoms with Crippen LogP contribution in [-0.4, -0.2) is 30.5 Å². The van der Waals surface area contributed by atoms with Gasteiger partial charge in [-0.3, -0.25) is 4.79 Å². The predicted octanol–water partition coefficient (Wildman–Crippen LogP) is -0.0659. The van der Waals surface area contributed by atoms with Crippen LogP contribution in [0.25, 0.3) is 0 Å². The molecule has 6 nitrogen and oxygen atoms in total. The van der Waals surface area contributed by atoms with Crippen molar-refractivity contribution in [1.82, 2.24) is 4.98 Å². The van der Waals surface area contributed by atoms with E-state index in [2.05, 4.69) is 11.6 Å². The van der Waals surface area contributed by atoms with Crippen molar-refractivity contribution in [2.45, 2.75) is 5.44 Å². The number of carbonyl (C=O) groups excluding carboxylic acids is 1. The lowest BCUT2D eigenvalue weighted by Gasteiger charge is -2.13. The van der Waals surface area contributed by atoms with Gasteiger partial charge in [-0.15, -0.1) is 17.9 Å². The minimum Gasteiger partial charge on any atom is -0.447 e. The first-order valence-corrected chi connectivity index (χ1v) is 6.80. The molecule has 0 fully saturated rings. The number of carbonyl (C=O) groups is 1. The lowest BCUT2D eigenvalue weighted by molar-refractivity contribution is -0.121. The number of hydrogen-bond donors (Lipinski definition) is 1. The summed E-state index contributed by atoms with van der Waals surface area (Å²) in [7, 11) is -3.80. The fourth-order valence-corrected chi connectivity index (χ4v) is 2.49. The summed E-state index contributed by atoms with van der Waals surface area (Å²) in [5, 5.41) is 1.47. The molecule has 88 valence electrons. The quantitative estimate of drug-likeness (QED) is 0.724. The maximum Gasteiger partial charge on any atom is 0.277 e. The maximum atomic E-state index is 11.6. The minimum atomic E-state index is -3.80. The summed E-state index contributed by atoms with van der Waals surface area (Å²) in [6.45, 7) is 3.28. The Labute approximate surface area is 96.7 Å². The Morgan fingerprint density at radius 1 is 1.75 bits per heavy atom. The number of sulfone groups is 1. The molecular formula is C8H10N2O4S2. The third kappa shape index (κ3) is 3.04. The Kier molecular flexibility index (Phi) is 4.02. The highest BCUT2D eigenvalue weighted by atomic mass is 32.2. The van der Waals surface area contributed by atoms with Crippen LogP contribution in [0, 0.1) is 0 Å². The van der Waals surface area contributed by atoms with Crippen LogP contribution in [0.4, 0.5) is 0 Å². The van der Waals surface area contributed by atoms with Crippen LogP contribution in [0.1, 0.15) is 0 Å². The molecule has 1 rings (SSSR count). The average molecular weight is 262 g/mol. The van der Waals surface area contributed by atoms with Gasteiger partial charge in [0, 0.05) is 0 Å². The molecule has 1 atom stereocenters. The van der Waals surface area contributed by atoms with Crippen molar-refractivity contribution in [2.75, 3.05) is 5.75 Å². The Morgan fingerprint density at radius 3 is 2.88 bits per heavy atom. The molecule has 0 aliphatic rings. The van der Waals surface area contributed by atoms with Gasteiger partial charge in [-0.2, -0.15) is 0 Å². The van der Waals surface area contributed by atoms with E-state index < -0.39 is 21.2 Å². The Morgan fingerprint density at radius 2 is 2.44 bits per heavy atom. The van der Waals surface area contributed by atoms with Crippen LogP contribution in [0.2, 0.25) is 0 Å². The van der Waals surface area contributed by atoms with Gasteiger partial charge in [0.2, 0.25) is 15.7 Å². The number of thiazole rings is 1. The molecule has 0 bridgehead atoms. The van der Waals surface area contributed by atoms with E-state index >= 15 is 0 Å². The van der Waals surface area contributed by atoms with E-state index in [0.29, 0.717) is 0 Å². The number of primary amides is 1. The van der Waals surface area contributed by atoms with Gasteiger partial charge in [0.25, 0.3) is 11.3 Å². The number of nitrogens with zero attached hydrogens (tertiary/aromatic N) is 1. The molecule has 0 spiro atoms. The first-order chi connectivity index (χ1) is 7.47. The first-order valence-electron chi connectivity index (χ1n) is 4.14. The summed E-state index contributed by atoms with van der Waals surface area (Å²) < 4.78 is 28.1. The molecular weight excluding hydrogens is 252 g/mol. The molecule has 1 amide bonds. The van der Waals surface area contributed by atoms with Gasteiger partial charge in [-0.1, -0.05) is 6.08 Å². The molecule has 1 aromatic heterocycles. The Balaban J connectivity index is 2.92. The Bertz CT molecular complexity index is 466. The molecule has 1 heterocycles. The van der Waals surface area contributed by atoms with Crippen molar-refractivity contribution in [2.24, 2.45) is 5.73 Å². The summed E-state index contributed by atoms with van der Waals surface area (Å²) in [6.07, 6.45) is 1.16. The van der Waals surface area contributed by atoms with E-state index in [1.807, 2.05) is 0 Å². The second-order valence-electron chi connectivity index (χ2n) is 2.80. The number of ether oxygens (including phenoxy) is 1. The molecule has 16 heavy (non-hydrogen) atoms. The zero-order valence-electron chi connectivity index (χ0n) is 8.20. The average Bonchev–Trinajstić information content (AvgIpc) is 2.65. The number of hydrogen-bond acceptors (Lipinski definition) is 6. The van der Waals surface area contributed by atoms with Crippen LogP contribution in [-0.2, 0) is 14.6 Å². The van der Waals surface area contributed by atoms with Crippen LogP contribution in [0.3, 0.4) is 0 Å².